The summed E-state index contributed by atoms with van der Waals surface area (Å²) < 4.78 is 28.1. The summed E-state index contributed by atoms with van der Waals surface area (Å²) in [6.45, 7) is 0. The predicted molar refractivity (Wildman–Crippen MR) is 103 cm³/mol. The van der Waals surface area contributed by atoms with Gasteiger partial charge in [-0.15, -0.1) is 0 Å². The Morgan fingerprint density at radius 3 is 1.50 bits per heavy atom. The van der Waals surface area contributed by atoms with Crippen LogP contribution in [0.4, 0.5) is 0 Å². The summed E-state index contributed by atoms with van der Waals surface area (Å²) in [4.78, 5) is 0.153. The quantitative estimate of drug-likeness (QED) is 0.410. The fourth-order valence-corrected chi connectivity index (χ4v) is 3.90. The SMILES string of the molecule is O=S(=O)(OI)c1ccc(C(c2ccccc2)c2ccccc2)cc1. The largest absolute Gasteiger partial charge is 0.306 e. The maximum absolute atomic E-state index is 11.8. The van der Waals surface area contributed by atoms with E-state index >= 15 is 0 Å². The summed E-state index contributed by atoms with van der Waals surface area (Å²) >= 11 is 1.39. The van der Waals surface area contributed by atoms with Gasteiger partial charge < -0.3 is 0 Å². The van der Waals surface area contributed by atoms with Crippen molar-refractivity contribution in [2.24, 2.45) is 0 Å². The Morgan fingerprint density at radius 1 is 0.667 bits per heavy atom. The normalized spacial score (nSPS) is 11.6. The highest BCUT2D eigenvalue weighted by molar-refractivity contribution is 14.1. The van der Waals surface area contributed by atoms with Crippen molar-refractivity contribution in [3.63, 3.8) is 0 Å². The van der Waals surface area contributed by atoms with Gasteiger partial charge in [-0.3, -0.25) is 0 Å². The lowest BCUT2D eigenvalue weighted by Gasteiger charge is -2.19. The molecule has 0 aliphatic heterocycles. The Hall–Kier alpha value is -1.70. The number of rotatable bonds is 5. The maximum Gasteiger partial charge on any atom is 0.306 e. The molecule has 0 saturated heterocycles. The van der Waals surface area contributed by atoms with Gasteiger partial charge in [0.25, 0.3) is 0 Å². The molecule has 0 aliphatic rings. The van der Waals surface area contributed by atoms with Crippen molar-refractivity contribution in [1.82, 2.24) is 0 Å². The van der Waals surface area contributed by atoms with Crippen LogP contribution in [-0.4, -0.2) is 8.42 Å². The minimum atomic E-state index is -3.68. The second kappa shape index (κ2) is 7.46. The molecule has 0 radical (unpaired) electrons. The molecule has 0 atom stereocenters. The first-order valence-electron chi connectivity index (χ1n) is 7.37. The molecule has 0 aliphatic carbocycles. The second-order valence-electron chi connectivity index (χ2n) is 5.34. The fourth-order valence-electron chi connectivity index (χ4n) is 2.73. The Morgan fingerprint density at radius 2 is 1.08 bits per heavy atom. The zero-order valence-electron chi connectivity index (χ0n) is 12.7. The Labute approximate surface area is 156 Å². The van der Waals surface area contributed by atoms with Crippen LogP contribution in [0.15, 0.2) is 89.8 Å². The maximum atomic E-state index is 11.8. The van der Waals surface area contributed by atoms with Gasteiger partial charge in [-0.2, -0.15) is 10.9 Å². The minimum Gasteiger partial charge on any atom is -0.195 e. The lowest BCUT2D eigenvalue weighted by Crippen LogP contribution is -2.04. The van der Waals surface area contributed by atoms with Crippen molar-refractivity contribution >= 4 is 33.1 Å². The number of halogens is 1. The molecule has 5 heteroatoms. The van der Waals surface area contributed by atoms with E-state index in [1.807, 2.05) is 48.5 Å². The van der Waals surface area contributed by atoms with Crippen molar-refractivity contribution < 1.29 is 10.9 Å². The first kappa shape index (κ1) is 17.1. The lowest BCUT2D eigenvalue weighted by molar-refractivity contribution is 0.536. The molecule has 3 rings (SSSR count). The molecule has 24 heavy (non-hydrogen) atoms. The van der Waals surface area contributed by atoms with E-state index < -0.39 is 10.1 Å². The summed E-state index contributed by atoms with van der Waals surface area (Å²) in [5.74, 6) is 0.0460. The summed E-state index contributed by atoms with van der Waals surface area (Å²) in [5, 5.41) is 0. The molecular formula is C19H15IO3S. The average molecular weight is 450 g/mol. The van der Waals surface area contributed by atoms with Gasteiger partial charge in [0.05, 0.1) is 4.90 Å². The van der Waals surface area contributed by atoms with E-state index in [4.69, 9.17) is 0 Å². The smallest absolute Gasteiger partial charge is 0.195 e. The van der Waals surface area contributed by atoms with Gasteiger partial charge in [0.15, 0.2) is 0 Å². The summed E-state index contributed by atoms with van der Waals surface area (Å²) in [6.07, 6.45) is 0. The Balaban J connectivity index is 2.07. The highest BCUT2D eigenvalue weighted by atomic mass is 127. The van der Waals surface area contributed by atoms with Crippen LogP contribution in [0.25, 0.3) is 0 Å². The average Bonchev–Trinajstić information content (AvgIpc) is 2.64. The molecule has 0 aromatic heterocycles. The van der Waals surface area contributed by atoms with Gasteiger partial charge in [0, 0.05) is 5.92 Å². The molecule has 3 aromatic carbocycles. The zero-order valence-corrected chi connectivity index (χ0v) is 15.6. The van der Waals surface area contributed by atoms with Crippen LogP contribution in [-0.2, 0) is 12.6 Å². The van der Waals surface area contributed by atoms with Gasteiger partial charge in [-0.05, 0) is 28.8 Å². The molecule has 0 amide bonds. The van der Waals surface area contributed by atoms with E-state index in [0.29, 0.717) is 0 Å². The third kappa shape index (κ3) is 3.68. The van der Waals surface area contributed by atoms with E-state index in [1.54, 1.807) is 12.1 Å². The summed E-state index contributed by atoms with van der Waals surface area (Å²) in [7, 11) is -3.68. The van der Waals surface area contributed by atoms with E-state index in [-0.39, 0.29) is 10.8 Å². The van der Waals surface area contributed by atoms with Crippen LogP contribution >= 0.6 is 23.0 Å². The number of hydrogen-bond acceptors (Lipinski definition) is 3. The first-order valence-corrected chi connectivity index (χ1v) is 9.66. The van der Waals surface area contributed by atoms with Crippen LogP contribution in [0.5, 0.6) is 0 Å². The zero-order chi connectivity index (χ0) is 17.0. The van der Waals surface area contributed by atoms with Gasteiger partial charge in [-0.25, -0.2) is 0 Å². The molecule has 0 fully saturated rings. The predicted octanol–water partition coefficient (Wildman–Crippen LogP) is 4.92. The van der Waals surface area contributed by atoms with Crippen LogP contribution in [0.1, 0.15) is 22.6 Å². The molecule has 0 heterocycles. The van der Waals surface area contributed by atoms with Crippen molar-refractivity contribution in [2.45, 2.75) is 10.8 Å². The summed E-state index contributed by atoms with van der Waals surface area (Å²) in [6, 6.07) is 27.2. The molecular weight excluding hydrogens is 435 g/mol. The van der Waals surface area contributed by atoms with Crippen molar-refractivity contribution in [1.29, 1.82) is 0 Å². The van der Waals surface area contributed by atoms with E-state index in [2.05, 4.69) is 26.8 Å². The van der Waals surface area contributed by atoms with E-state index in [0.717, 1.165) is 16.7 Å². The van der Waals surface area contributed by atoms with Crippen LogP contribution < -0.4 is 0 Å². The molecule has 0 spiro atoms. The summed E-state index contributed by atoms with van der Waals surface area (Å²) in [5.41, 5.74) is 3.34. The Kier molecular flexibility index (Phi) is 5.33. The molecule has 0 N–H and O–H groups in total. The lowest BCUT2D eigenvalue weighted by atomic mass is 9.85. The highest BCUT2D eigenvalue weighted by Crippen LogP contribution is 2.32. The third-order valence-corrected chi connectivity index (χ3v) is 6.29. The van der Waals surface area contributed by atoms with Gasteiger partial charge in [0.2, 0.25) is 0 Å². The van der Waals surface area contributed by atoms with Crippen LogP contribution in [0, 0.1) is 0 Å². The van der Waals surface area contributed by atoms with Crippen molar-refractivity contribution in [3.8, 4) is 0 Å². The number of hydrogen-bond donors (Lipinski definition) is 0. The van der Waals surface area contributed by atoms with Crippen molar-refractivity contribution in [2.75, 3.05) is 0 Å². The molecule has 0 saturated carbocycles. The topological polar surface area (TPSA) is 43.4 Å². The third-order valence-electron chi connectivity index (χ3n) is 3.85. The van der Waals surface area contributed by atoms with Crippen molar-refractivity contribution in [3.05, 3.63) is 102 Å². The Bertz CT molecular complexity index is 853. The second-order valence-corrected chi connectivity index (χ2v) is 7.92. The number of benzene rings is 3. The van der Waals surface area contributed by atoms with Gasteiger partial charge in [-0.1, -0.05) is 72.8 Å². The fraction of sp³-hybridized carbons (Fsp3) is 0.0526. The molecule has 0 unspecified atom stereocenters. The molecule has 122 valence electrons. The standard InChI is InChI=1S/C19H15IO3S/c20-23-24(21,22)18-13-11-17(12-14-18)19(15-7-3-1-4-8-15)16-9-5-2-6-10-16/h1-14,19H. The van der Waals surface area contributed by atoms with Crippen LogP contribution in [0.2, 0.25) is 0 Å². The highest BCUT2D eigenvalue weighted by Gasteiger charge is 2.18. The van der Waals surface area contributed by atoms with Crippen LogP contribution in [0.3, 0.4) is 0 Å². The molecule has 0 bridgehead atoms. The minimum absolute atomic E-state index is 0.0460. The van der Waals surface area contributed by atoms with E-state index in [9.17, 15) is 8.42 Å². The molecule has 3 aromatic rings. The molecule has 3 nitrogen and oxygen atoms in total. The van der Waals surface area contributed by atoms with Gasteiger partial charge in [0.1, 0.15) is 23.0 Å². The first-order chi connectivity index (χ1) is 11.6. The van der Waals surface area contributed by atoms with Gasteiger partial charge >= 0.3 is 10.1 Å². The van der Waals surface area contributed by atoms with E-state index in [1.165, 1.54) is 23.0 Å². The monoisotopic (exact) mass is 450 g/mol.